The van der Waals surface area contributed by atoms with E-state index in [1.54, 1.807) is 0 Å². The van der Waals surface area contributed by atoms with Gasteiger partial charge in [-0.25, -0.2) is 0 Å². The van der Waals surface area contributed by atoms with Crippen LogP contribution in [0.5, 0.6) is 6.01 Å². The maximum absolute atomic E-state index is 12.4. The molecule has 0 saturated carbocycles. The summed E-state index contributed by atoms with van der Waals surface area (Å²) in [6.45, 7) is 5.19. The molecule has 6 heterocycles. The zero-order valence-corrected chi connectivity index (χ0v) is 23.7. The number of hydrogen-bond acceptors (Lipinski definition) is 8. The fourth-order valence-corrected chi connectivity index (χ4v) is 8.21. The summed E-state index contributed by atoms with van der Waals surface area (Å²) in [6.07, 6.45) is 5.44. The highest BCUT2D eigenvalue weighted by Gasteiger charge is 2.49. The van der Waals surface area contributed by atoms with Crippen LogP contribution in [-0.2, 0) is 22.6 Å². The molecule has 5 aliphatic rings. The van der Waals surface area contributed by atoms with Crippen molar-refractivity contribution in [2.45, 2.75) is 44.2 Å². The van der Waals surface area contributed by atoms with Crippen LogP contribution in [0.4, 0.5) is 11.5 Å². The summed E-state index contributed by atoms with van der Waals surface area (Å²) in [5.41, 5.74) is 3.18. The molecule has 0 spiro atoms. The van der Waals surface area contributed by atoms with Crippen LogP contribution in [0.25, 0.3) is 10.8 Å². The number of carbonyl (C=O) groups is 2. The van der Waals surface area contributed by atoms with E-state index in [9.17, 15) is 9.59 Å². The second-order valence-corrected chi connectivity index (χ2v) is 12.6. The summed E-state index contributed by atoms with van der Waals surface area (Å²) in [7, 11) is 0. The van der Waals surface area contributed by atoms with Crippen molar-refractivity contribution in [3.8, 4) is 6.01 Å². The van der Waals surface area contributed by atoms with Gasteiger partial charge in [0.1, 0.15) is 12.4 Å². The number of ether oxygens (including phenoxy) is 1. The largest absolute Gasteiger partial charge is 0.461 e. The average Bonchev–Trinajstić information content (AvgIpc) is 3.74. The van der Waals surface area contributed by atoms with Crippen molar-refractivity contribution in [3.05, 3.63) is 52.7 Å². The van der Waals surface area contributed by atoms with Crippen LogP contribution >= 0.6 is 11.6 Å². The summed E-state index contributed by atoms with van der Waals surface area (Å²) in [5, 5.41) is 5.39. The third kappa shape index (κ3) is 4.07. The van der Waals surface area contributed by atoms with E-state index in [-0.39, 0.29) is 29.2 Å². The lowest BCUT2D eigenvalue weighted by molar-refractivity contribution is -0.126. The molecule has 0 radical (unpaired) electrons. The Kier molecular flexibility index (Phi) is 5.90. The number of halogens is 1. The molecule has 3 aromatic rings. The quantitative estimate of drug-likeness (QED) is 0.464. The molecular weight excluding hydrogens is 540 g/mol. The van der Waals surface area contributed by atoms with Gasteiger partial charge in [-0.05, 0) is 62.7 Å². The van der Waals surface area contributed by atoms with Crippen molar-refractivity contribution >= 4 is 45.7 Å². The van der Waals surface area contributed by atoms with Crippen LogP contribution in [0, 0.1) is 11.8 Å². The number of aromatic nitrogens is 2. The first-order valence-electron chi connectivity index (χ1n) is 14.8. The maximum Gasteiger partial charge on any atom is 0.318 e. The molecule has 1 N–H and O–H groups in total. The van der Waals surface area contributed by atoms with Gasteiger partial charge in [-0.2, -0.15) is 9.97 Å². The first-order chi connectivity index (χ1) is 20.0. The number of imide groups is 1. The first-order valence-corrected chi connectivity index (χ1v) is 15.2. The van der Waals surface area contributed by atoms with Crippen molar-refractivity contribution in [1.82, 2.24) is 20.2 Å². The van der Waals surface area contributed by atoms with Crippen LogP contribution in [0.15, 0.2) is 36.4 Å². The van der Waals surface area contributed by atoms with E-state index >= 15 is 0 Å². The fourth-order valence-electron chi connectivity index (χ4n) is 7.93. The van der Waals surface area contributed by atoms with Crippen molar-refractivity contribution < 1.29 is 14.3 Å². The summed E-state index contributed by atoms with van der Waals surface area (Å²) >= 11 is 6.69. The van der Waals surface area contributed by atoms with Gasteiger partial charge in [0.25, 0.3) is 0 Å². The molecule has 2 amide bonds. The lowest BCUT2D eigenvalue weighted by Crippen LogP contribution is -2.43. The number of nitrogens with zero attached hydrogens (tertiary/aromatic N) is 5. The molecular formula is C31H33ClN6O3. The SMILES string of the molecule is O=C1NC(=O)C2CN(c3nc(OCC45CCCN4CCC5)nc4c3CCN(c3cccc5cccc(Cl)c35)C4)CC12. The number of hydrogen-bond donors (Lipinski definition) is 1. The second kappa shape index (κ2) is 9.56. The number of anilines is 2. The summed E-state index contributed by atoms with van der Waals surface area (Å²) < 4.78 is 6.45. The van der Waals surface area contributed by atoms with Crippen LogP contribution in [0.3, 0.4) is 0 Å². The van der Waals surface area contributed by atoms with Crippen LogP contribution in [0.1, 0.15) is 36.9 Å². The zero-order chi connectivity index (χ0) is 27.7. The van der Waals surface area contributed by atoms with E-state index in [0.29, 0.717) is 32.3 Å². The van der Waals surface area contributed by atoms with Crippen molar-refractivity contribution in [2.24, 2.45) is 11.8 Å². The Morgan fingerprint density at radius 2 is 1.68 bits per heavy atom. The first kappa shape index (κ1) is 25.3. The van der Waals surface area contributed by atoms with Gasteiger partial charge in [-0.3, -0.25) is 19.8 Å². The minimum atomic E-state index is -0.333. The van der Waals surface area contributed by atoms with Gasteiger partial charge in [0.2, 0.25) is 11.8 Å². The highest BCUT2D eigenvalue weighted by Crippen LogP contribution is 2.41. The zero-order valence-electron chi connectivity index (χ0n) is 22.9. The van der Waals surface area contributed by atoms with Gasteiger partial charge in [0.05, 0.1) is 34.6 Å². The average molecular weight is 573 g/mol. The highest BCUT2D eigenvalue weighted by atomic mass is 35.5. The third-order valence-corrected chi connectivity index (χ3v) is 10.3. The second-order valence-electron chi connectivity index (χ2n) is 12.2. The van der Waals surface area contributed by atoms with E-state index in [4.69, 9.17) is 26.3 Å². The standard InChI is InChI=1S/C31H33ClN6O3/c32-23-7-1-5-19-6-2-8-25(26(19)23)36-14-9-20-24(17-36)33-30(41-18-31-10-3-12-38(31)13-4-11-31)34-27(20)37-15-21-22(16-37)29(40)35-28(21)39/h1-2,5-8,21-22H,3-4,9-18H2,(H,35,39,40). The Morgan fingerprint density at radius 3 is 2.44 bits per heavy atom. The molecule has 2 atom stereocenters. The molecule has 4 fully saturated rings. The predicted molar refractivity (Wildman–Crippen MR) is 156 cm³/mol. The van der Waals surface area contributed by atoms with Crippen molar-refractivity contribution in [1.29, 1.82) is 0 Å². The summed E-state index contributed by atoms with van der Waals surface area (Å²) in [5.74, 6) is -0.215. The van der Waals surface area contributed by atoms with Gasteiger partial charge >= 0.3 is 6.01 Å². The van der Waals surface area contributed by atoms with Crippen LogP contribution in [0.2, 0.25) is 5.02 Å². The van der Waals surface area contributed by atoms with Gasteiger partial charge in [-0.1, -0.05) is 35.9 Å². The molecule has 212 valence electrons. The van der Waals surface area contributed by atoms with E-state index in [1.807, 2.05) is 12.1 Å². The molecule has 4 saturated heterocycles. The number of nitrogens with one attached hydrogen (secondary N) is 1. The number of carbonyl (C=O) groups excluding carboxylic acids is 2. The monoisotopic (exact) mass is 572 g/mol. The van der Waals surface area contributed by atoms with Gasteiger partial charge in [0, 0.05) is 36.3 Å². The smallest absolute Gasteiger partial charge is 0.318 e. The maximum atomic E-state index is 12.4. The molecule has 2 aromatic carbocycles. The van der Waals surface area contributed by atoms with Crippen molar-refractivity contribution in [2.75, 3.05) is 49.1 Å². The molecule has 2 unspecified atom stereocenters. The number of fused-ring (bicyclic) bond motifs is 4. The van der Waals surface area contributed by atoms with Crippen molar-refractivity contribution in [3.63, 3.8) is 0 Å². The molecule has 0 aliphatic carbocycles. The van der Waals surface area contributed by atoms with Gasteiger partial charge in [0.15, 0.2) is 0 Å². The Hall–Kier alpha value is -3.43. The van der Waals surface area contributed by atoms with E-state index in [0.717, 1.165) is 77.5 Å². The van der Waals surface area contributed by atoms with Gasteiger partial charge in [-0.15, -0.1) is 0 Å². The third-order valence-electron chi connectivity index (χ3n) is 10.0. The Morgan fingerprint density at radius 1 is 0.951 bits per heavy atom. The lowest BCUT2D eigenvalue weighted by Gasteiger charge is -2.34. The van der Waals surface area contributed by atoms with E-state index < -0.39 is 0 Å². The van der Waals surface area contributed by atoms with E-state index in [1.165, 1.54) is 12.8 Å². The Labute approximate surface area is 243 Å². The minimum absolute atomic E-state index is 0.0837. The van der Waals surface area contributed by atoms with Crippen LogP contribution < -0.4 is 19.9 Å². The molecule has 41 heavy (non-hydrogen) atoms. The number of rotatable bonds is 5. The summed E-state index contributed by atoms with van der Waals surface area (Å²) in [4.78, 5) is 41.9. The normalized spacial score (nSPS) is 25.0. The van der Waals surface area contributed by atoms with Crippen LogP contribution in [-0.4, -0.2) is 71.6 Å². The number of benzene rings is 2. The molecule has 8 rings (SSSR count). The molecule has 0 bridgehead atoms. The molecule has 10 heteroatoms. The molecule has 1 aromatic heterocycles. The number of amides is 2. The predicted octanol–water partition coefficient (Wildman–Crippen LogP) is 3.56. The Balaban J connectivity index is 1.15. The lowest BCUT2D eigenvalue weighted by atomic mass is 9.95. The molecule has 5 aliphatic heterocycles. The van der Waals surface area contributed by atoms with E-state index in [2.05, 4.69) is 44.3 Å². The minimum Gasteiger partial charge on any atom is -0.461 e. The topological polar surface area (TPSA) is 90.9 Å². The Bertz CT molecular complexity index is 1540. The van der Waals surface area contributed by atoms with Gasteiger partial charge < -0.3 is 14.5 Å². The summed E-state index contributed by atoms with van der Waals surface area (Å²) in [6, 6.07) is 12.7. The fraction of sp³-hybridized carbons (Fsp3) is 0.484. The molecule has 9 nitrogen and oxygen atoms in total. The highest BCUT2D eigenvalue weighted by molar-refractivity contribution is 6.36.